The van der Waals surface area contributed by atoms with Gasteiger partial charge in [0.25, 0.3) is 0 Å². The van der Waals surface area contributed by atoms with Crippen molar-refractivity contribution in [3.8, 4) is 5.75 Å². The number of methoxy groups -OCH3 is 1. The van der Waals surface area contributed by atoms with E-state index in [2.05, 4.69) is 18.3 Å². The second-order valence-corrected chi connectivity index (χ2v) is 6.38. The molecule has 0 spiro atoms. The van der Waals surface area contributed by atoms with Crippen LogP contribution in [0, 0.1) is 0 Å². The van der Waals surface area contributed by atoms with Gasteiger partial charge in [0.05, 0.1) is 19.4 Å². The molecule has 0 atom stereocenters. The highest BCUT2D eigenvalue weighted by Crippen LogP contribution is 2.32. The number of hydrogen-bond acceptors (Lipinski definition) is 4. The van der Waals surface area contributed by atoms with Gasteiger partial charge in [0.2, 0.25) is 0 Å². The number of rotatable bonds is 3. The van der Waals surface area contributed by atoms with Crippen LogP contribution in [0.15, 0.2) is 35.3 Å². The molecule has 1 aliphatic rings. The SMILES string of the molecule is CCc1cc2c(s1)NC(=S)CN=C2c1ccc(OC)cc1. The fourth-order valence-electron chi connectivity index (χ4n) is 2.28. The smallest absolute Gasteiger partial charge is 0.118 e. The van der Waals surface area contributed by atoms with Gasteiger partial charge in [0.15, 0.2) is 0 Å². The Balaban J connectivity index is 2.07. The summed E-state index contributed by atoms with van der Waals surface area (Å²) in [4.78, 5) is 6.80. The largest absolute Gasteiger partial charge is 0.497 e. The Labute approximate surface area is 133 Å². The monoisotopic (exact) mass is 316 g/mol. The number of nitrogens with zero attached hydrogens (tertiary/aromatic N) is 1. The summed E-state index contributed by atoms with van der Waals surface area (Å²) >= 11 is 7.08. The number of thiophene rings is 1. The summed E-state index contributed by atoms with van der Waals surface area (Å²) < 4.78 is 5.22. The molecule has 3 nitrogen and oxygen atoms in total. The van der Waals surface area contributed by atoms with E-state index in [0.29, 0.717) is 6.54 Å². The molecule has 0 aliphatic carbocycles. The first-order chi connectivity index (χ1) is 10.2. The minimum absolute atomic E-state index is 0.527. The van der Waals surface area contributed by atoms with E-state index < -0.39 is 0 Å². The minimum atomic E-state index is 0.527. The molecule has 0 fully saturated rings. The third-order valence-corrected chi connectivity index (χ3v) is 4.81. The van der Waals surface area contributed by atoms with Gasteiger partial charge in [-0.05, 0) is 36.8 Å². The molecule has 21 heavy (non-hydrogen) atoms. The minimum Gasteiger partial charge on any atom is -0.497 e. The van der Waals surface area contributed by atoms with Crippen molar-refractivity contribution in [1.29, 1.82) is 0 Å². The molecule has 1 aromatic heterocycles. The number of fused-ring (bicyclic) bond motifs is 1. The molecule has 1 aliphatic heterocycles. The molecular formula is C16H16N2OS2. The van der Waals surface area contributed by atoms with Gasteiger partial charge in [-0.1, -0.05) is 19.1 Å². The summed E-state index contributed by atoms with van der Waals surface area (Å²) in [6, 6.07) is 10.2. The first kappa shape index (κ1) is 14.2. The number of aliphatic imine (C=N–C) groups is 1. The average Bonchev–Trinajstić information content (AvgIpc) is 2.84. The summed E-state index contributed by atoms with van der Waals surface area (Å²) in [6.07, 6.45) is 1.02. The van der Waals surface area contributed by atoms with E-state index in [1.807, 2.05) is 24.3 Å². The molecule has 0 saturated carbocycles. The number of hydrogen-bond donors (Lipinski definition) is 1. The van der Waals surface area contributed by atoms with Crippen LogP contribution in [0.25, 0.3) is 0 Å². The van der Waals surface area contributed by atoms with Gasteiger partial charge in [-0.25, -0.2) is 0 Å². The number of anilines is 1. The van der Waals surface area contributed by atoms with Crippen LogP contribution in [0.3, 0.4) is 0 Å². The summed E-state index contributed by atoms with van der Waals surface area (Å²) in [5, 5.41) is 4.41. The fraction of sp³-hybridized carbons (Fsp3) is 0.250. The maximum absolute atomic E-state index is 5.32. The molecule has 0 bridgehead atoms. The maximum atomic E-state index is 5.32. The average molecular weight is 316 g/mol. The molecule has 1 aromatic carbocycles. The lowest BCUT2D eigenvalue weighted by molar-refractivity contribution is 0.415. The van der Waals surface area contributed by atoms with Crippen molar-refractivity contribution in [1.82, 2.24) is 0 Å². The van der Waals surface area contributed by atoms with Crippen LogP contribution in [0.2, 0.25) is 0 Å². The number of nitrogens with one attached hydrogen (secondary N) is 1. The highest BCUT2D eigenvalue weighted by atomic mass is 32.1. The molecule has 108 valence electrons. The van der Waals surface area contributed by atoms with Crippen LogP contribution in [0.4, 0.5) is 5.00 Å². The Morgan fingerprint density at radius 1 is 1.33 bits per heavy atom. The number of ether oxygens (including phenoxy) is 1. The summed E-state index contributed by atoms with van der Waals surface area (Å²) in [7, 11) is 1.67. The van der Waals surface area contributed by atoms with Crippen molar-refractivity contribution in [2.24, 2.45) is 4.99 Å². The lowest BCUT2D eigenvalue weighted by Crippen LogP contribution is -2.09. The van der Waals surface area contributed by atoms with Crippen LogP contribution in [0.1, 0.15) is 22.9 Å². The van der Waals surface area contributed by atoms with Gasteiger partial charge in [-0.15, -0.1) is 11.3 Å². The van der Waals surface area contributed by atoms with Crippen LogP contribution < -0.4 is 10.1 Å². The summed E-state index contributed by atoms with van der Waals surface area (Å²) in [5.41, 5.74) is 3.22. The standard InChI is InChI=1S/C16H16N2OS2/c1-3-12-8-13-15(10-4-6-11(19-2)7-5-10)17-9-14(20)18-16(13)21-12/h4-8H,3,9H2,1-2H3,(H,18,20). The lowest BCUT2D eigenvalue weighted by Gasteiger charge is -2.06. The second kappa shape index (κ2) is 5.95. The third-order valence-electron chi connectivity index (χ3n) is 3.38. The number of benzene rings is 1. The molecule has 2 aromatic rings. The highest BCUT2D eigenvalue weighted by Gasteiger charge is 2.19. The zero-order valence-electron chi connectivity index (χ0n) is 12.0. The first-order valence-corrected chi connectivity index (χ1v) is 8.05. The molecular weight excluding hydrogens is 300 g/mol. The van der Waals surface area contributed by atoms with Gasteiger partial charge in [-0.3, -0.25) is 4.99 Å². The highest BCUT2D eigenvalue weighted by molar-refractivity contribution is 7.80. The van der Waals surface area contributed by atoms with Crippen LogP contribution in [-0.4, -0.2) is 24.4 Å². The zero-order chi connectivity index (χ0) is 14.8. The predicted octanol–water partition coefficient (Wildman–Crippen LogP) is 3.91. The topological polar surface area (TPSA) is 33.6 Å². The van der Waals surface area contributed by atoms with E-state index in [-0.39, 0.29) is 0 Å². The van der Waals surface area contributed by atoms with Crippen molar-refractivity contribution >= 4 is 39.3 Å². The van der Waals surface area contributed by atoms with Gasteiger partial charge in [0.1, 0.15) is 15.7 Å². The molecule has 0 unspecified atom stereocenters. The predicted molar refractivity (Wildman–Crippen MR) is 93.4 cm³/mol. The van der Waals surface area contributed by atoms with Gasteiger partial charge in [-0.2, -0.15) is 0 Å². The quantitative estimate of drug-likeness (QED) is 0.872. The third kappa shape index (κ3) is 2.84. The molecule has 0 saturated heterocycles. The lowest BCUT2D eigenvalue weighted by atomic mass is 10.0. The molecule has 3 rings (SSSR count). The van der Waals surface area contributed by atoms with Gasteiger partial charge >= 0.3 is 0 Å². The normalized spacial score (nSPS) is 14.0. The van der Waals surface area contributed by atoms with Crippen molar-refractivity contribution in [2.75, 3.05) is 19.0 Å². The van der Waals surface area contributed by atoms with Crippen LogP contribution in [0.5, 0.6) is 5.75 Å². The Kier molecular flexibility index (Phi) is 4.03. The molecule has 1 N–H and O–H groups in total. The Hall–Kier alpha value is -1.72. The van der Waals surface area contributed by atoms with E-state index in [0.717, 1.165) is 39.0 Å². The van der Waals surface area contributed by atoms with E-state index in [9.17, 15) is 0 Å². The molecule has 5 heteroatoms. The Bertz CT molecular complexity index is 702. The van der Waals surface area contributed by atoms with E-state index in [1.54, 1.807) is 18.4 Å². The van der Waals surface area contributed by atoms with Crippen molar-refractivity contribution in [3.63, 3.8) is 0 Å². The number of thiocarbonyl (C=S) groups is 1. The van der Waals surface area contributed by atoms with Gasteiger partial charge in [0, 0.05) is 16.0 Å². The maximum Gasteiger partial charge on any atom is 0.118 e. The molecule has 2 heterocycles. The van der Waals surface area contributed by atoms with Crippen molar-refractivity contribution in [2.45, 2.75) is 13.3 Å². The van der Waals surface area contributed by atoms with Gasteiger partial charge < -0.3 is 10.1 Å². The van der Waals surface area contributed by atoms with E-state index in [4.69, 9.17) is 21.9 Å². The number of aryl methyl sites for hydroxylation is 1. The van der Waals surface area contributed by atoms with Crippen molar-refractivity contribution in [3.05, 3.63) is 46.3 Å². The first-order valence-electron chi connectivity index (χ1n) is 6.83. The fourth-order valence-corrected chi connectivity index (χ4v) is 3.54. The Morgan fingerprint density at radius 3 is 2.76 bits per heavy atom. The van der Waals surface area contributed by atoms with E-state index in [1.165, 1.54) is 4.88 Å². The van der Waals surface area contributed by atoms with Crippen molar-refractivity contribution < 1.29 is 4.74 Å². The summed E-state index contributed by atoms with van der Waals surface area (Å²) in [5.74, 6) is 0.849. The Morgan fingerprint density at radius 2 is 2.10 bits per heavy atom. The van der Waals surface area contributed by atoms with Crippen LogP contribution in [-0.2, 0) is 6.42 Å². The molecule has 0 radical (unpaired) electrons. The van der Waals surface area contributed by atoms with E-state index >= 15 is 0 Å². The second-order valence-electron chi connectivity index (χ2n) is 4.75. The zero-order valence-corrected chi connectivity index (χ0v) is 13.6. The van der Waals surface area contributed by atoms with Crippen LogP contribution >= 0.6 is 23.6 Å². The summed E-state index contributed by atoms with van der Waals surface area (Å²) in [6.45, 7) is 2.69. The molecule has 0 amide bonds.